The summed E-state index contributed by atoms with van der Waals surface area (Å²) in [6.45, 7) is 0. The average molecular weight is 267 g/mol. The van der Waals surface area contributed by atoms with Gasteiger partial charge >= 0.3 is 0 Å². The zero-order valence-electron chi connectivity index (χ0n) is 12.0. The van der Waals surface area contributed by atoms with Crippen LogP contribution in [0.25, 0.3) is 6.08 Å². The van der Waals surface area contributed by atoms with Crippen molar-refractivity contribution in [1.29, 1.82) is 0 Å². The van der Waals surface area contributed by atoms with E-state index >= 15 is 0 Å². The molecule has 2 aliphatic heterocycles. The number of hydrogen-bond acceptors (Lipinski definition) is 2. The maximum absolute atomic E-state index is 12.9. The number of ketones is 1. The molecule has 2 unspecified atom stereocenters. The second kappa shape index (κ2) is 4.56. The van der Waals surface area contributed by atoms with E-state index in [0.717, 1.165) is 24.8 Å². The summed E-state index contributed by atoms with van der Waals surface area (Å²) in [6.07, 6.45) is 9.91. The van der Waals surface area contributed by atoms with Gasteiger partial charge in [0, 0.05) is 23.6 Å². The Kier molecular flexibility index (Phi) is 2.81. The van der Waals surface area contributed by atoms with Crippen molar-refractivity contribution in [3.63, 3.8) is 0 Å². The Morgan fingerprint density at radius 2 is 1.95 bits per heavy atom. The van der Waals surface area contributed by atoms with Crippen LogP contribution < -0.4 is 0 Å². The van der Waals surface area contributed by atoms with Crippen LogP contribution in [0.2, 0.25) is 0 Å². The lowest BCUT2D eigenvalue weighted by Crippen LogP contribution is -2.42. The molecule has 0 N–H and O–H groups in total. The van der Waals surface area contributed by atoms with Crippen molar-refractivity contribution in [2.45, 2.75) is 44.2 Å². The van der Waals surface area contributed by atoms with Gasteiger partial charge in [-0.2, -0.15) is 0 Å². The standard InChI is InChI=1S/C18H21NO/c1-19-14-8-9-15(19)11-13(10-14)18(20)17-7-3-5-12-4-2-6-16(12)17/h2-5,7,13-15H,6,8-11H2,1H3. The van der Waals surface area contributed by atoms with Gasteiger partial charge in [-0.25, -0.2) is 0 Å². The van der Waals surface area contributed by atoms with Crippen LogP contribution in [-0.2, 0) is 6.42 Å². The number of carbonyl (C=O) groups excluding carboxylic acids is 1. The Balaban J connectivity index is 1.61. The Morgan fingerprint density at radius 3 is 2.70 bits per heavy atom. The van der Waals surface area contributed by atoms with E-state index in [1.54, 1.807) is 0 Å². The highest BCUT2D eigenvalue weighted by Crippen LogP contribution is 2.39. The van der Waals surface area contributed by atoms with Crippen molar-refractivity contribution in [2.24, 2.45) is 5.92 Å². The Labute approximate surface area is 120 Å². The van der Waals surface area contributed by atoms with E-state index in [4.69, 9.17) is 0 Å². The number of carbonyl (C=O) groups is 1. The minimum absolute atomic E-state index is 0.246. The molecule has 4 rings (SSSR count). The third kappa shape index (κ3) is 1.78. The zero-order valence-corrected chi connectivity index (χ0v) is 12.0. The normalized spacial score (nSPS) is 31.6. The third-order valence-electron chi connectivity index (χ3n) is 5.57. The molecule has 0 amide bonds. The number of piperidine rings is 1. The molecule has 2 saturated heterocycles. The molecule has 2 heterocycles. The first-order chi connectivity index (χ1) is 9.74. The molecule has 2 bridgehead atoms. The summed E-state index contributed by atoms with van der Waals surface area (Å²) in [5.74, 6) is 0.645. The fourth-order valence-electron chi connectivity index (χ4n) is 4.37. The lowest BCUT2D eigenvalue weighted by molar-refractivity contribution is 0.0766. The summed E-state index contributed by atoms with van der Waals surface area (Å²) in [7, 11) is 2.23. The van der Waals surface area contributed by atoms with Gasteiger partial charge in [-0.1, -0.05) is 30.4 Å². The van der Waals surface area contributed by atoms with E-state index in [2.05, 4.69) is 30.2 Å². The van der Waals surface area contributed by atoms with Gasteiger partial charge in [-0.15, -0.1) is 0 Å². The Morgan fingerprint density at radius 1 is 1.20 bits per heavy atom. The highest BCUT2D eigenvalue weighted by Gasteiger charge is 2.41. The van der Waals surface area contributed by atoms with Crippen LogP contribution in [0, 0.1) is 5.92 Å². The van der Waals surface area contributed by atoms with Gasteiger partial charge in [0.05, 0.1) is 0 Å². The summed E-state index contributed by atoms with van der Waals surface area (Å²) in [5.41, 5.74) is 3.48. The van der Waals surface area contributed by atoms with Crippen LogP contribution in [0.4, 0.5) is 0 Å². The predicted molar refractivity (Wildman–Crippen MR) is 80.8 cm³/mol. The molecule has 1 aliphatic carbocycles. The zero-order chi connectivity index (χ0) is 13.7. The van der Waals surface area contributed by atoms with Crippen LogP contribution in [0.1, 0.15) is 47.2 Å². The van der Waals surface area contributed by atoms with Gasteiger partial charge in [0.2, 0.25) is 0 Å². The average Bonchev–Trinajstić information content (AvgIpc) is 2.99. The van der Waals surface area contributed by atoms with E-state index in [9.17, 15) is 4.79 Å². The summed E-state index contributed by atoms with van der Waals surface area (Å²) < 4.78 is 0. The molecule has 104 valence electrons. The van der Waals surface area contributed by atoms with Gasteiger partial charge in [0.25, 0.3) is 0 Å². The molecular formula is C18H21NO. The van der Waals surface area contributed by atoms with Gasteiger partial charge in [0.1, 0.15) is 0 Å². The first-order valence-electron chi connectivity index (χ1n) is 7.78. The van der Waals surface area contributed by atoms with E-state index in [0.29, 0.717) is 17.9 Å². The molecule has 0 spiro atoms. The number of fused-ring (bicyclic) bond motifs is 3. The highest BCUT2D eigenvalue weighted by molar-refractivity contribution is 6.00. The first-order valence-corrected chi connectivity index (χ1v) is 7.78. The van der Waals surface area contributed by atoms with Crippen LogP contribution in [0.3, 0.4) is 0 Å². The smallest absolute Gasteiger partial charge is 0.166 e. The molecule has 2 nitrogen and oxygen atoms in total. The topological polar surface area (TPSA) is 20.3 Å². The second-order valence-corrected chi connectivity index (χ2v) is 6.56. The quantitative estimate of drug-likeness (QED) is 0.766. The molecule has 2 atom stereocenters. The summed E-state index contributed by atoms with van der Waals surface area (Å²) in [6, 6.07) is 7.46. The van der Waals surface area contributed by atoms with Gasteiger partial charge in [-0.3, -0.25) is 4.79 Å². The monoisotopic (exact) mass is 267 g/mol. The largest absolute Gasteiger partial charge is 0.300 e. The molecule has 0 radical (unpaired) electrons. The molecule has 0 aromatic heterocycles. The first kappa shape index (κ1) is 12.3. The number of allylic oxidation sites excluding steroid dienone is 1. The lowest BCUT2D eigenvalue weighted by Gasteiger charge is -2.35. The van der Waals surface area contributed by atoms with Gasteiger partial charge in [0.15, 0.2) is 5.78 Å². The van der Waals surface area contributed by atoms with E-state index in [-0.39, 0.29) is 5.92 Å². The van der Waals surface area contributed by atoms with Crippen LogP contribution in [0.5, 0.6) is 0 Å². The van der Waals surface area contributed by atoms with Crippen molar-refractivity contribution < 1.29 is 4.79 Å². The van der Waals surface area contributed by atoms with Crippen molar-refractivity contribution in [2.75, 3.05) is 7.05 Å². The fourth-order valence-corrected chi connectivity index (χ4v) is 4.37. The molecular weight excluding hydrogens is 246 g/mol. The number of rotatable bonds is 2. The molecule has 20 heavy (non-hydrogen) atoms. The van der Waals surface area contributed by atoms with Crippen LogP contribution >= 0.6 is 0 Å². The minimum atomic E-state index is 0.246. The maximum Gasteiger partial charge on any atom is 0.166 e. The van der Waals surface area contributed by atoms with E-state index in [1.807, 2.05) is 12.1 Å². The fraction of sp³-hybridized carbons (Fsp3) is 0.500. The second-order valence-electron chi connectivity index (χ2n) is 6.56. The van der Waals surface area contributed by atoms with Crippen molar-refractivity contribution in [3.8, 4) is 0 Å². The van der Waals surface area contributed by atoms with Gasteiger partial charge < -0.3 is 4.90 Å². The molecule has 0 saturated carbocycles. The van der Waals surface area contributed by atoms with Crippen molar-refractivity contribution in [3.05, 3.63) is 41.0 Å². The summed E-state index contributed by atoms with van der Waals surface area (Å²) in [4.78, 5) is 15.4. The third-order valence-corrected chi connectivity index (χ3v) is 5.57. The predicted octanol–water partition coefficient (Wildman–Crippen LogP) is 3.31. The van der Waals surface area contributed by atoms with Crippen LogP contribution in [0.15, 0.2) is 24.3 Å². The van der Waals surface area contributed by atoms with Crippen molar-refractivity contribution >= 4 is 11.9 Å². The van der Waals surface area contributed by atoms with Crippen molar-refractivity contribution in [1.82, 2.24) is 4.90 Å². The Hall–Kier alpha value is -1.41. The SMILES string of the molecule is CN1C2CCC1CC(C(=O)c1cccc3c1CC=C3)C2. The Bertz CT molecular complexity index is 575. The summed E-state index contributed by atoms with van der Waals surface area (Å²) in [5, 5.41) is 0. The lowest BCUT2D eigenvalue weighted by atomic mass is 9.83. The molecule has 1 aromatic carbocycles. The van der Waals surface area contributed by atoms with E-state index < -0.39 is 0 Å². The summed E-state index contributed by atoms with van der Waals surface area (Å²) >= 11 is 0. The highest BCUT2D eigenvalue weighted by atomic mass is 16.1. The van der Waals surface area contributed by atoms with E-state index in [1.165, 1.54) is 24.0 Å². The molecule has 2 heteroatoms. The molecule has 3 aliphatic rings. The number of nitrogens with zero attached hydrogens (tertiary/aromatic N) is 1. The molecule has 1 aromatic rings. The number of Topliss-reactive ketones (excluding diaryl/α,β-unsaturated/α-hetero) is 1. The molecule has 2 fully saturated rings. The van der Waals surface area contributed by atoms with Crippen LogP contribution in [-0.4, -0.2) is 29.8 Å². The maximum atomic E-state index is 12.9. The number of hydrogen-bond donors (Lipinski definition) is 0. The minimum Gasteiger partial charge on any atom is -0.300 e. The van der Waals surface area contributed by atoms with Gasteiger partial charge in [-0.05, 0) is 50.3 Å². The number of benzene rings is 1.